The van der Waals surface area contributed by atoms with Crippen LogP contribution in [0.25, 0.3) is 5.65 Å². The summed E-state index contributed by atoms with van der Waals surface area (Å²) >= 11 is 0. The van der Waals surface area contributed by atoms with Crippen LogP contribution in [-0.4, -0.2) is 25.5 Å². The van der Waals surface area contributed by atoms with Crippen LogP contribution in [0.15, 0.2) is 48.7 Å². The Balaban J connectivity index is 1.79. The molecular formula is C16H14N4O3. The average molecular weight is 310 g/mol. The van der Waals surface area contributed by atoms with E-state index in [0.717, 1.165) is 11.1 Å². The minimum absolute atomic E-state index is 0.128. The molecule has 0 saturated carbocycles. The van der Waals surface area contributed by atoms with E-state index in [0.29, 0.717) is 12.1 Å². The maximum Gasteiger partial charge on any atom is 0.372 e. The van der Waals surface area contributed by atoms with Crippen LogP contribution >= 0.6 is 0 Å². The highest BCUT2D eigenvalue weighted by atomic mass is 16.6. The fraction of sp³-hybridized carbons (Fsp3) is 0.188. The van der Waals surface area contributed by atoms with E-state index in [2.05, 4.69) is 10.3 Å². The predicted molar refractivity (Wildman–Crippen MR) is 84.4 cm³/mol. The molecule has 2 aromatic heterocycles. The van der Waals surface area contributed by atoms with E-state index in [-0.39, 0.29) is 11.6 Å². The fourth-order valence-electron chi connectivity index (χ4n) is 3.15. The first kappa shape index (κ1) is 13.7. The van der Waals surface area contributed by atoms with Gasteiger partial charge in [-0.2, -0.15) is 9.38 Å². The minimum Gasteiger partial charge on any atom is -0.390 e. The SMILES string of the molecule is O=[N+]([O-])c1c(N[C@@H]2c3ccccc3C[C@@H]2O)nc2ccccn12. The number of rotatable bonds is 3. The van der Waals surface area contributed by atoms with Gasteiger partial charge in [0.25, 0.3) is 0 Å². The average Bonchev–Trinajstić information content (AvgIpc) is 3.05. The molecule has 3 aromatic rings. The van der Waals surface area contributed by atoms with Gasteiger partial charge in [0.05, 0.1) is 18.3 Å². The van der Waals surface area contributed by atoms with Crippen molar-refractivity contribution in [1.82, 2.24) is 9.38 Å². The number of nitrogens with zero attached hydrogens (tertiary/aromatic N) is 3. The molecule has 2 heterocycles. The highest BCUT2D eigenvalue weighted by Crippen LogP contribution is 2.36. The zero-order valence-electron chi connectivity index (χ0n) is 12.1. The lowest BCUT2D eigenvalue weighted by Gasteiger charge is -2.17. The van der Waals surface area contributed by atoms with Crippen molar-refractivity contribution in [3.05, 3.63) is 69.9 Å². The van der Waals surface area contributed by atoms with Gasteiger partial charge in [-0.15, -0.1) is 0 Å². The third kappa shape index (κ3) is 2.13. The molecule has 0 spiro atoms. The fourth-order valence-corrected chi connectivity index (χ4v) is 3.15. The van der Waals surface area contributed by atoms with Crippen molar-refractivity contribution in [1.29, 1.82) is 0 Å². The summed E-state index contributed by atoms with van der Waals surface area (Å²) in [6.07, 6.45) is 1.48. The summed E-state index contributed by atoms with van der Waals surface area (Å²) in [7, 11) is 0. The molecule has 0 fully saturated rings. The molecule has 0 aliphatic heterocycles. The van der Waals surface area contributed by atoms with Crippen molar-refractivity contribution in [2.75, 3.05) is 5.32 Å². The Hall–Kier alpha value is -2.93. The third-order valence-corrected chi connectivity index (χ3v) is 4.17. The van der Waals surface area contributed by atoms with E-state index < -0.39 is 17.1 Å². The van der Waals surface area contributed by atoms with Gasteiger partial charge in [0.2, 0.25) is 11.5 Å². The van der Waals surface area contributed by atoms with Crippen molar-refractivity contribution >= 4 is 17.3 Å². The number of aromatic nitrogens is 2. The standard InChI is InChI=1S/C16H14N4O3/c21-12-9-10-5-1-2-6-11(10)14(12)18-15-16(20(22)23)19-8-4-3-7-13(19)17-15/h1-8,12,14,18,21H,9H2/t12-,14+/m0/s1. The molecule has 0 saturated heterocycles. The van der Waals surface area contributed by atoms with Crippen LogP contribution in [0.5, 0.6) is 0 Å². The number of imidazole rings is 1. The van der Waals surface area contributed by atoms with Gasteiger partial charge in [0, 0.05) is 12.5 Å². The number of aliphatic hydroxyl groups is 1. The van der Waals surface area contributed by atoms with Crippen LogP contribution in [0.1, 0.15) is 17.2 Å². The maximum absolute atomic E-state index is 11.4. The first-order chi connectivity index (χ1) is 11.1. The summed E-state index contributed by atoms with van der Waals surface area (Å²) < 4.78 is 1.43. The zero-order valence-corrected chi connectivity index (χ0v) is 12.1. The van der Waals surface area contributed by atoms with Crippen molar-refractivity contribution in [3.63, 3.8) is 0 Å². The summed E-state index contributed by atoms with van der Waals surface area (Å²) in [6, 6.07) is 12.5. The number of hydrogen-bond donors (Lipinski definition) is 2. The number of nitrogens with one attached hydrogen (secondary N) is 1. The van der Waals surface area contributed by atoms with Gasteiger partial charge < -0.3 is 20.5 Å². The molecule has 1 aromatic carbocycles. The molecule has 2 N–H and O–H groups in total. The van der Waals surface area contributed by atoms with Crippen molar-refractivity contribution in [3.8, 4) is 0 Å². The van der Waals surface area contributed by atoms with Crippen LogP contribution in [-0.2, 0) is 6.42 Å². The third-order valence-electron chi connectivity index (χ3n) is 4.17. The van der Waals surface area contributed by atoms with Gasteiger partial charge in [0.1, 0.15) is 0 Å². The van der Waals surface area contributed by atoms with E-state index in [4.69, 9.17) is 0 Å². The second kappa shape index (κ2) is 5.06. The Kier molecular flexibility index (Phi) is 3.02. The van der Waals surface area contributed by atoms with E-state index >= 15 is 0 Å². The van der Waals surface area contributed by atoms with Gasteiger partial charge in [-0.25, -0.2) is 0 Å². The first-order valence-corrected chi connectivity index (χ1v) is 7.29. The molecule has 0 radical (unpaired) electrons. The Bertz CT molecular complexity index is 905. The summed E-state index contributed by atoms with van der Waals surface area (Å²) in [5.41, 5.74) is 2.48. The Labute approximate surface area is 131 Å². The van der Waals surface area contributed by atoms with Crippen LogP contribution in [0.4, 0.5) is 11.6 Å². The van der Waals surface area contributed by atoms with E-state index in [1.807, 2.05) is 24.3 Å². The quantitative estimate of drug-likeness (QED) is 0.572. The minimum atomic E-state index is -0.642. The molecular weight excluding hydrogens is 296 g/mol. The molecule has 7 heteroatoms. The number of benzene rings is 1. The van der Waals surface area contributed by atoms with Crippen LogP contribution < -0.4 is 5.32 Å². The highest BCUT2D eigenvalue weighted by molar-refractivity contribution is 5.63. The van der Waals surface area contributed by atoms with Crippen molar-refractivity contribution in [2.24, 2.45) is 0 Å². The Morgan fingerprint density at radius 1 is 1.26 bits per heavy atom. The number of anilines is 1. The molecule has 4 rings (SSSR count). The van der Waals surface area contributed by atoms with Crippen LogP contribution in [0, 0.1) is 10.1 Å². The highest BCUT2D eigenvalue weighted by Gasteiger charge is 2.33. The number of aliphatic hydroxyl groups excluding tert-OH is 1. The second-order valence-corrected chi connectivity index (χ2v) is 5.56. The van der Waals surface area contributed by atoms with Gasteiger partial charge in [0.15, 0.2) is 0 Å². The lowest BCUT2D eigenvalue weighted by Crippen LogP contribution is -2.21. The number of nitro groups is 1. The molecule has 1 aliphatic rings. The van der Waals surface area contributed by atoms with Gasteiger partial charge in [-0.05, 0) is 22.1 Å². The van der Waals surface area contributed by atoms with E-state index in [1.165, 1.54) is 4.40 Å². The van der Waals surface area contributed by atoms with Crippen LogP contribution in [0.3, 0.4) is 0 Å². The maximum atomic E-state index is 11.4. The van der Waals surface area contributed by atoms with Gasteiger partial charge in [-0.3, -0.25) is 0 Å². The normalized spacial score (nSPS) is 19.7. The van der Waals surface area contributed by atoms with Crippen molar-refractivity contribution in [2.45, 2.75) is 18.6 Å². The molecule has 23 heavy (non-hydrogen) atoms. The molecule has 0 unspecified atom stereocenters. The second-order valence-electron chi connectivity index (χ2n) is 5.56. The Morgan fingerprint density at radius 2 is 2.04 bits per heavy atom. The Morgan fingerprint density at radius 3 is 2.87 bits per heavy atom. The van der Waals surface area contributed by atoms with E-state index in [9.17, 15) is 15.2 Å². The predicted octanol–water partition coefficient (Wildman–Crippen LogP) is 2.31. The topological polar surface area (TPSA) is 92.7 Å². The first-order valence-electron chi connectivity index (χ1n) is 7.29. The lowest BCUT2D eigenvalue weighted by atomic mass is 10.1. The monoisotopic (exact) mass is 310 g/mol. The smallest absolute Gasteiger partial charge is 0.372 e. The van der Waals surface area contributed by atoms with E-state index in [1.54, 1.807) is 24.4 Å². The summed E-state index contributed by atoms with van der Waals surface area (Å²) in [4.78, 5) is 15.3. The summed E-state index contributed by atoms with van der Waals surface area (Å²) in [6.45, 7) is 0. The number of hydrogen-bond acceptors (Lipinski definition) is 5. The summed E-state index contributed by atoms with van der Waals surface area (Å²) in [5, 5.41) is 24.8. The number of pyridine rings is 1. The molecule has 116 valence electrons. The van der Waals surface area contributed by atoms with Gasteiger partial charge in [-0.1, -0.05) is 30.3 Å². The zero-order chi connectivity index (χ0) is 16.0. The molecule has 0 amide bonds. The van der Waals surface area contributed by atoms with Gasteiger partial charge >= 0.3 is 5.82 Å². The summed E-state index contributed by atoms with van der Waals surface area (Å²) in [5.74, 6) is 0.0409. The molecule has 0 bridgehead atoms. The van der Waals surface area contributed by atoms with Crippen molar-refractivity contribution < 1.29 is 10.0 Å². The largest absolute Gasteiger partial charge is 0.390 e. The molecule has 1 aliphatic carbocycles. The molecule has 2 atom stereocenters. The number of fused-ring (bicyclic) bond motifs is 2. The lowest BCUT2D eigenvalue weighted by molar-refractivity contribution is -0.389. The molecule has 7 nitrogen and oxygen atoms in total. The van der Waals surface area contributed by atoms with Crippen LogP contribution in [0.2, 0.25) is 0 Å².